The minimum atomic E-state index is -1.10. The van der Waals surface area contributed by atoms with Crippen LogP contribution in [0, 0.1) is 0 Å². The highest BCUT2D eigenvalue weighted by Gasteiger charge is 2.18. The van der Waals surface area contributed by atoms with Crippen molar-refractivity contribution in [2.45, 2.75) is 6.54 Å². The Bertz CT molecular complexity index is 577. The highest BCUT2D eigenvalue weighted by Crippen LogP contribution is 2.22. The third kappa shape index (κ3) is 2.13. The molecule has 0 saturated carbocycles. The van der Waals surface area contributed by atoms with Crippen molar-refractivity contribution in [2.24, 2.45) is 0 Å². The SMILES string of the molecule is COc1c(C(=O)O)cnn1Cc1ccccc1O. The van der Waals surface area contributed by atoms with Crippen molar-refractivity contribution in [3.63, 3.8) is 0 Å². The van der Waals surface area contributed by atoms with Gasteiger partial charge in [-0.05, 0) is 6.07 Å². The predicted octanol–water partition coefficient (Wildman–Crippen LogP) is 1.34. The van der Waals surface area contributed by atoms with E-state index in [1.807, 2.05) is 0 Å². The van der Waals surface area contributed by atoms with Crippen LogP contribution in [0.25, 0.3) is 0 Å². The zero-order valence-electron chi connectivity index (χ0n) is 9.70. The lowest BCUT2D eigenvalue weighted by atomic mass is 10.2. The van der Waals surface area contributed by atoms with Gasteiger partial charge in [0.1, 0.15) is 11.3 Å². The maximum absolute atomic E-state index is 10.9. The van der Waals surface area contributed by atoms with Crippen LogP contribution in [-0.2, 0) is 6.54 Å². The van der Waals surface area contributed by atoms with Crippen molar-refractivity contribution in [3.8, 4) is 11.6 Å². The molecule has 0 fully saturated rings. The van der Waals surface area contributed by atoms with Crippen molar-refractivity contribution in [1.82, 2.24) is 9.78 Å². The number of rotatable bonds is 4. The van der Waals surface area contributed by atoms with Gasteiger partial charge in [0, 0.05) is 5.56 Å². The van der Waals surface area contributed by atoms with E-state index in [0.717, 1.165) is 0 Å². The van der Waals surface area contributed by atoms with Gasteiger partial charge in [0.05, 0.1) is 19.9 Å². The van der Waals surface area contributed by atoms with E-state index in [4.69, 9.17) is 9.84 Å². The Hall–Kier alpha value is -2.50. The minimum absolute atomic E-state index is 0.00655. The van der Waals surface area contributed by atoms with Gasteiger partial charge in [0.2, 0.25) is 5.88 Å². The van der Waals surface area contributed by atoms with Crippen molar-refractivity contribution in [1.29, 1.82) is 0 Å². The molecule has 18 heavy (non-hydrogen) atoms. The number of methoxy groups -OCH3 is 1. The quantitative estimate of drug-likeness (QED) is 0.853. The normalized spacial score (nSPS) is 10.3. The molecule has 0 aliphatic rings. The summed E-state index contributed by atoms with van der Waals surface area (Å²) >= 11 is 0. The highest BCUT2D eigenvalue weighted by atomic mass is 16.5. The molecule has 1 aromatic heterocycles. The summed E-state index contributed by atoms with van der Waals surface area (Å²) in [5, 5.41) is 22.5. The van der Waals surface area contributed by atoms with Gasteiger partial charge in [0.25, 0.3) is 0 Å². The summed E-state index contributed by atoms with van der Waals surface area (Å²) < 4.78 is 6.42. The minimum Gasteiger partial charge on any atom is -0.508 e. The molecule has 0 bridgehead atoms. The van der Waals surface area contributed by atoms with Crippen LogP contribution in [0.5, 0.6) is 11.6 Å². The van der Waals surface area contributed by atoms with Crippen molar-refractivity contribution >= 4 is 5.97 Å². The molecule has 2 aromatic rings. The fourth-order valence-electron chi connectivity index (χ4n) is 1.65. The number of para-hydroxylation sites is 1. The molecule has 1 heterocycles. The van der Waals surface area contributed by atoms with E-state index in [-0.39, 0.29) is 23.7 Å². The largest absolute Gasteiger partial charge is 0.508 e. The van der Waals surface area contributed by atoms with Crippen LogP contribution in [0.15, 0.2) is 30.5 Å². The molecule has 6 heteroatoms. The summed E-state index contributed by atoms with van der Waals surface area (Å²) in [6, 6.07) is 6.78. The molecule has 0 unspecified atom stereocenters. The van der Waals surface area contributed by atoms with E-state index >= 15 is 0 Å². The molecular formula is C12H12N2O4. The average molecular weight is 248 g/mol. The molecule has 2 rings (SSSR count). The van der Waals surface area contributed by atoms with E-state index in [2.05, 4.69) is 5.10 Å². The molecule has 1 aromatic carbocycles. The lowest BCUT2D eigenvalue weighted by Crippen LogP contribution is -2.06. The second-order valence-electron chi connectivity index (χ2n) is 3.66. The first-order valence-electron chi connectivity index (χ1n) is 5.23. The van der Waals surface area contributed by atoms with E-state index in [1.165, 1.54) is 18.0 Å². The first-order valence-corrected chi connectivity index (χ1v) is 5.23. The Balaban J connectivity index is 2.35. The van der Waals surface area contributed by atoms with Crippen molar-refractivity contribution in [2.75, 3.05) is 7.11 Å². The van der Waals surface area contributed by atoms with Crippen LogP contribution in [0.2, 0.25) is 0 Å². The smallest absolute Gasteiger partial charge is 0.342 e. The Kier molecular flexibility index (Phi) is 3.18. The Labute approximate surface area is 103 Å². The number of ether oxygens (including phenoxy) is 1. The Morgan fingerprint density at radius 2 is 2.17 bits per heavy atom. The van der Waals surface area contributed by atoms with Gasteiger partial charge in [0.15, 0.2) is 0 Å². The molecular weight excluding hydrogens is 236 g/mol. The molecule has 6 nitrogen and oxygen atoms in total. The van der Waals surface area contributed by atoms with Gasteiger partial charge in [-0.1, -0.05) is 18.2 Å². The maximum atomic E-state index is 10.9. The molecule has 0 spiro atoms. The topological polar surface area (TPSA) is 84.6 Å². The number of phenolic OH excluding ortho intramolecular Hbond substituents is 1. The molecule has 94 valence electrons. The lowest BCUT2D eigenvalue weighted by molar-refractivity contribution is 0.0693. The third-order valence-corrected chi connectivity index (χ3v) is 2.53. The van der Waals surface area contributed by atoms with E-state index in [9.17, 15) is 9.90 Å². The second-order valence-corrected chi connectivity index (χ2v) is 3.66. The van der Waals surface area contributed by atoms with Gasteiger partial charge in [-0.25, -0.2) is 9.48 Å². The summed E-state index contributed by atoms with van der Waals surface area (Å²) in [6.07, 6.45) is 1.22. The van der Waals surface area contributed by atoms with Gasteiger partial charge in [-0.3, -0.25) is 0 Å². The van der Waals surface area contributed by atoms with E-state index in [1.54, 1.807) is 24.3 Å². The molecule has 0 amide bonds. The monoisotopic (exact) mass is 248 g/mol. The summed E-state index contributed by atoms with van der Waals surface area (Å²) in [5.74, 6) is -0.812. The fraction of sp³-hybridized carbons (Fsp3) is 0.167. The first-order chi connectivity index (χ1) is 8.63. The Morgan fingerprint density at radius 1 is 1.44 bits per heavy atom. The van der Waals surface area contributed by atoms with Gasteiger partial charge >= 0.3 is 5.97 Å². The van der Waals surface area contributed by atoms with E-state index < -0.39 is 5.97 Å². The van der Waals surface area contributed by atoms with Crippen LogP contribution in [0.1, 0.15) is 15.9 Å². The summed E-state index contributed by atoms with van der Waals surface area (Å²) in [5.41, 5.74) is 0.628. The number of phenols is 1. The van der Waals surface area contributed by atoms with Gasteiger partial charge in [-0.2, -0.15) is 5.10 Å². The van der Waals surface area contributed by atoms with Crippen molar-refractivity contribution < 1.29 is 19.7 Å². The van der Waals surface area contributed by atoms with Crippen LogP contribution in [0.4, 0.5) is 0 Å². The summed E-state index contributed by atoms with van der Waals surface area (Å²) in [4.78, 5) is 10.9. The van der Waals surface area contributed by atoms with Crippen LogP contribution in [0.3, 0.4) is 0 Å². The zero-order chi connectivity index (χ0) is 13.1. The molecule has 0 aliphatic heterocycles. The second kappa shape index (κ2) is 4.79. The zero-order valence-corrected chi connectivity index (χ0v) is 9.70. The molecule has 0 saturated heterocycles. The summed E-state index contributed by atoms with van der Waals surface area (Å²) in [6.45, 7) is 0.239. The number of aromatic hydroxyl groups is 1. The number of carbonyl (C=O) groups is 1. The molecule has 2 N–H and O–H groups in total. The van der Waals surface area contributed by atoms with Crippen LogP contribution in [-0.4, -0.2) is 33.1 Å². The number of hydrogen-bond donors (Lipinski definition) is 2. The number of hydrogen-bond acceptors (Lipinski definition) is 4. The lowest BCUT2D eigenvalue weighted by Gasteiger charge is -2.08. The summed E-state index contributed by atoms with van der Waals surface area (Å²) in [7, 11) is 1.38. The average Bonchev–Trinajstić information content (AvgIpc) is 2.75. The Morgan fingerprint density at radius 3 is 2.78 bits per heavy atom. The van der Waals surface area contributed by atoms with Crippen LogP contribution < -0.4 is 4.74 Å². The fourth-order valence-corrected chi connectivity index (χ4v) is 1.65. The molecule has 0 atom stereocenters. The van der Waals surface area contributed by atoms with Gasteiger partial charge in [-0.15, -0.1) is 0 Å². The number of nitrogens with zero attached hydrogens (tertiary/aromatic N) is 2. The van der Waals surface area contributed by atoms with Crippen LogP contribution >= 0.6 is 0 Å². The van der Waals surface area contributed by atoms with Crippen molar-refractivity contribution in [3.05, 3.63) is 41.6 Å². The predicted molar refractivity (Wildman–Crippen MR) is 62.9 cm³/mol. The standard InChI is InChI=1S/C12H12N2O4/c1-18-11-9(12(16)17)6-13-14(11)7-8-4-2-3-5-10(8)15/h2-6,15H,7H2,1H3,(H,16,17). The first kappa shape index (κ1) is 12.0. The van der Waals surface area contributed by atoms with Gasteiger partial charge < -0.3 is 14.9 Å². The number of aromatic nitrogens is 2. The number of aromatic carboxylic acids is 1. The molecule has 0 radical (unpaired) electrons. The number of carboxylic acids is 1. The van der Waals surface area contributed by atoms with E-state index in [0.29, 0.717) is 5.56 Å². The molecule has 0 aliphatic carbocycles. The number of benzene rings is 1. The highest BCUT2D eigenvalue weighted by molar-refractivity contribution is 5.89. The number of carboxylic acid groups (broad SMARTS) is 1. The third-order valence-electron chi connectivity index (χ3n) is 2.53. The maximum Gasteiger partial charge on any atom is 0.342 e.